The number of nitrogens with zero attached hydrogens (tertiary/aromatic N) is 3. The van der Waals surface area contributed by atoms with Gasteiger partial charge in [-0.2, -0.15) is 5.10 Å². The summed E-state index contributed by atoms with van der Waals surface area (Å²) in [5, 5.41) is 4.41. The lowest BCUT2D eigenvalue weighted by Gasteiger charge is -2.33. The highest BCUT2D eigenvalue weighted by Crippen LogP contribution is 2.30. The van der Waals surface area contributed by atoms with E-state index in [4.69, 9.17) is 11.5 Å². The van der Waals surface area contributed by atoms with Crippen LogP contribution in [0.25, 0.3) is 0 Å². The standard InChI is InChI=1S/C12H21N5O/c1-3-17-12(10(13)8(2)15-17)16-6-4-5-9(7-16)11(14)18/h9H,3-7,13H2,1-2H3,(H2,14,18). The molecule has 0 bridgehead atoms. The van der Waals surface area contributed by atoms with Crippen LogP contribution in [0.5, 0.6) is 0 Å². The minimum Gasteiger partial charge on any atom is -0.394 e. The zero-order chi connectivity index (χ0) is 13.3. The summed E-state index contributed by atoms with van der Waals surface area (Å²) >= 11 is 0. The van der Waals surface area contributed by atoms with Gasteiger partial charge < -0.3 is 16.4 Å². The number of carbonyl (C=O) groups is 1. The number of primary amides is 1. The van der Waals surface area contributed by atoms with Crippen molar-refractivity contribution in [2.75, 3.05) is 23.7 Å². The SMILES string of the molecule is CCn1nc(C)c(N)c1N1CCCC(C(N)=O)C1. The first kappa shape index (κ1) is 12.7. The Bertz CT molecular complexity index is 454. The average Bonchev–Trinajstić information content (AvgIpc) is 2.65. The van der Waals surface area contributed by atoms with Crippen LogP contribution in [-0.2, 0) is 11.3 Å². The summed E-state index contributed by atoms with van der Waals surface area (Å²) in [7, 11) is 0. The lowest BCUT2D eigenvalue weighted by atomic mass is 9.97. The van der Waals surface area contributed by atoms with Crippen LogP contribution in [0.15, 0.2) is 0 Å². The molecule has 1 fully saturated rings. The Morgan fingerprint density at radius 1 is 1.56 bits per heavy atom. The summed E-state index contributed by atoms with van der Waals surface area (Å²) < 4.78 is 1.90. The number of amides is 1. The van der Waals surface area contributed by atoms with E-state index in [-0.39, 0.29) is 11.8 Å². The largest absolute Gasteiger partial charge is 0.394 e. The average molecular weight is 251 g/mol. The van der Waals surface area contributed by atoms with Crippen LogP contribution < -0.4 is 16.4 Å². The first-order valence-corrected chi connectivity index (χ1v) is 6.41. The van der Waals surface area contributed by atoms with Crippen LogP contribution in [-0.4, -0.2) is 28.8 Å². The monoisotopic (exact) mass is 251 g/mol. The van der Waals surface area contributed by atoms with E-state index in [1.54, 1.807) is 0 Å². The molecule has 6 nitrogen and oxygen atoms in total. The van der Waals surface area contributed by atoms with Crippen molar-refractivity contribution in [2.24, 2.45) is 11.7 Å². The highest BCUT2D eigenvalue weighted by Gasteiger charge is 2.27. The van der Waals surface area contributed by atoms with Crippen molar-refractivity contribution in [2.45, 2.75) is 33.2 Å². The van der Waals surface area contributed by atoms with Gasteiger partial charge in [-0.3, -0.25) is 4.79 Å². The maximum absolute atomic E-state index is 11.3. The molecule has 18 heavy (non-hydrogen) atoms. The van der Waals surface area contributed by atoms with Crippen LogP contribution in [0.2, 0.25) is 0 Å². The summed E-state index contributed by atoms with van der Waals surface area (Å²) in [6, 6.07) is 0. The van der Waals surface area contributed by atoms with Gasteiger partial charge in [0.2, 0.25) is 5.91 Å². The molecule has 4 N–H and O–H groups in total. The highest BCUT2D eigenvalue weighted by atomic mass is 16.1. The van der Waals surface area contributed by atoms with Gasteiger partial charge in [0, 0.05) is 19.6 Å². The third-order valence-electron chi connectivity index (χ3n) is 3.57. The molecule has 0 saturated carbocycles. The molecule has 1 saturated heterocycles. The molecular weight excluding hydrogens is 230 g/mol. The zero-order valence-electron chi connectivity index (χ0n) is 11.0. The van der Waals surface area contributed by atoms with Gasteiger partial charge in [0.25, 0.3) is 0 Å². The molecule has 0 spiro atoms. The molecule has 1 aromatic rings. The Labute approximate surface area is 107 Å². The van der Waals surface area contributed by atoms with Crippen molar-refractivity contribution < 1.29 is 4.79 Å². The molecule has 1 amide bonds. The fourth-order valence-corrected chi connectivity index (χ4v) is 2.54. The van der Waals surface area contributed by atoms with Gasteiger partial charge in [-0.15, -0.1) is 0 Å². The van der Waals surface area contributed by atoms with E-state index in [0.29, 0.717) is 12.2 Å². The normalized spacial score (nSPS) is 20.1. The predicted molar refractivity (Wildman–Crippen MR) is 71.2 cm³/mol. The van der Waals surface area contributed by atoms with E-state index in [9.17, 15) is 4.79 Å². The van der Waals surface area contributed by atoms with Crippen LogP contribution in [0.1, 0.15) is 25.5 Å². The number of anilines is 2. The van der Waals surface area contributed by atoms with E-state index in [0.717, 1.165) is 37.4 Å². The number of carbonyl (C=O) groups excluding carboxylic acids is 1. The lowest BCUT2D eigenvalue weighted by Crippen LogP contribution is -2.42. The molecule has 0 aliphatic carbocycles. The zero-order valence-corrected chi connectivity index (χ0v) is 11.0. The molecule has 1 unspecified atom stereocenters. The minimum absolute atomic E-state index is 0.0846. The maximum Gasteiger partial charge on any atom is 0.222 e. The second-order valence-corrected chi connectivity index (χ2v) is 4.83. The van der Waals surface area contributed by atoms with Crippen molar-refractivity contribution >= 4 is 17.4 Å². The third-order valence-corrected chi connectivity index (χ3v) is 3.57. The van der Waals surface area contributed by atoms with E-state index < -0.39 is 0 Å². The Kier molecular flexibility index (Phi) is 3.45. The molecular formula is C12H21N5O. The predicted octanol–water partition coefficient (Wildman–Crippen LogP) is 0.495. The van der Waals surface area contributed by atoms with Gasteiger partial charge >= 0.3 is 0 Å². The summed E-state index contributed by atoms with van der Waals surface area (Å²) in [5.74, 6) is 0.622. The number of hydrogen-bond acceptors (Lipinski definition) is 4. The Balaban J connectivity index is 2.28. The Morgan fingerprint density at radius 2 is 2.28 bits per heavy atom. The van der Waals surface area contributed by atoms with Crippen LogP contribution in [0.3, 0.4) is 0 Å². The number of nitrogens with two attached hydrogens (primary N) is 2. The van der Waals surface area contributed by atoms with Gasteiger partial charge in [-0.05, 0) is 26.7 Å². The minimum atomic E-state index is -0.224. The summed E-state index contributed by atoms with van der Waals surface area (Å²) in [6.45, 7) is 6.25. The lowest BCUT2D eigenvalue weighted by molar-refractivity contribution is -0.122. The number of aromatic nitrogens is 2. The quantitative estimate of drug-likeness (QED) is 0.818. The van der Waals surface area contributed by atoms with E-state index >= 15 is 0 Å². The molecule has 0 aromatic carbocycles. The molecule has 2 heterocycles. The number of hydrogen-bond donors (Lipinski definition) is 2. The third kappa shape index (κ3) is 2.14. The molecule has 0 radical (unpaired) electrons. The smallest absolute Gasteiger partial charge is 0.222 e. The highest BCUT2D eigenvalue weighted by molar-refractivity contribution is 5.78. The second-order valence-electron chi connectivity index (χ2n) is 4.83. The molecule has 1 aliphatic rings. The van der Waals surface area contributed by atoms with Crippen LogP contribution >= 0.6 is 0 Å². The molecule has 1 aromatic heterocycles. The van der Waals surface area contributed by atoms with Crippen molar-refractivity contribution in [3.05, 3.63) is 5.69 Å². The number of rotatable bonds is 3. The Morgan fingerprint density at radius 3 is 2.89 bits per heavy atom. The molecule has 6 heteroatoms. The van der Waals surface area contributed by atoms with Crippen molar-refractivity contribution in [1.29, 1.82) is 0 Å². The van der Waals surface area contributed by atoms with Crippen molar-refractivity contribution in [1.82, 2.24) is 9.78 Å². The first-order chi connectivity index (χ1) is 8.54. The van der Waals surface area contributed by atoms with Gasteiger partial charge in [0.05, 0.1) is 17.3 Å². The second kappa shape index (κ2) is 4.88. The fraction of sp³-hybridized carbons (Fsp3) is 0.667. The topological polar surface area (TPSA) is 90.2 Å². The molecule has 2 rings (SSSR count). The van der Waals surface area contributed by atoms with E-state index in [1.807, 2.05) is 18.5 Å². The van der Waals surface area contributed by atoms with Crippen LogP contribution in [0, 0.1) is 12.8 Å². The molecule has 100 valence electrons. The van der Waals surface area contributed by atoms with Crippen molar-refractivity contribution in [3.63, 3.8) is 0 Å². The van der Waals surface area contributed by atoms with E-state index in [1.165, 1.54) is 0 Å². The summed E-state index contributed by atoms with van der Waals surface area (Å²) in [5.41, 5.74) is 13.0. The molecule has 1 atom stereocenters. The van der Waals surface area contributed by atoms with Crippen LogP contribution in [0.4, 0.5) is 11.5 Å². The van der Waals surface area contributed by atoms with Gasteiger partial charge in [-0.1, -0.05) is 0 Å². The van der Waals surface area contributed by atoms with Gasteiger partial charge in [-0.25, -0.2) is 4.68 Å². The van der Waals surface area contributed by atoms with Gasteiger partial charge in [0.1, 0.15) is 0 Å². The van der Waals surface area contributed by atoms with Crippen molar-refractivity contribution in [3.8, 4) is 0 Å². The summed E-state index contributed by atoms with van der Waals surface area (Å²) in [4.78, 5) is 13.5. The Hall–Kier alpha value is -1.72. The van der Waals surface area contributed by atoms with E-state index in [2.05, 4.69) is 10.00 Å². The van der Waals surface area contributed by atoms with Gasteiger partial charge in [0.15, 0.2) is 5.82 Å². The fourth-order valence-electron chi connectivity index (χ4n) is 2.54. The number of nitrogen functional groups attached to an aromatic ring is 1. The summed E-state index contributed by atoms with van der Waals surface area (Å²) in [6.07, 6.45) is 1.83. The maximum atomic E-state index is 11.3. The number of aryl methyl sites for hydroxylation is 2. The number of piperidine rings is 1. The molecule has 1 aliphatic heterocycles. The first-order valence-electron chi connectivity index (χ1n) is 6.41.